The van der Waals surface area contributed by atoms with Crippen molar-refractivity contribution in [3.05, 3.63) is 104 Å². The van der Waals surface area contributed by atoms with Crippen molar-refractivity contribution >= 4 is 46.5 Å². The van der Waals surface area contributed by atoms with E-state index in [-0.39, 0.29) is 12.6 Å². The van der Waals surface area contributed by atoms with Gasteiger partial charge in [0.2, 0.25) is 0 Å². The number of rotatable bonds is 9. The fourth-order valence-electron chi connectivity index (χ4n) is 5.00. The van der Waals surface area contributed by atoms with E-state index < -0.39 is 5.60 Å². The molecule has 210 valence electrons. The Bertz CT molecular complexity index is 1430. The Balaban J connectivity index is 1.28. The number of anilines is 1. The second-order valence-electron chi connectivity index (χ2n) is 10.4. The zero-order valence-electron chi connectivity index (χ0n) is 22.7. The summed E-state index contributed by atoms with van der Waals surface area (Å²) >= 11 is 19.6. The molecule has 2 unspecified atom stereocenters. The second kappa shape index (κ2) is 11.5. The van der Waals surface area contributed by atoms with Gasteiger partial charge in [0, 0.05) is 17.7 Å². The lowest BCUT2D eigenvalue weighted by atomic mass is 10.0. The van der Waals surface area contributed by atoms with Gasteiger partial charge in [-0.3, -0.25) is 0 Å². The van der Waals surface area contributed by atoms with Crippen molar-refractivity contribution in [1.82, 2.24) is 0 Å². The number of nitrogens with zero attached hydrogens (tertiary/aromatic N) is 1. The molecule has 3 aromatic carbocycles. The molecule has 1 saturated carbocycles. The van der Waals surface area contributed by atoms with E-state index in [1.54, 1.807) is 42.5 Å². The number of para-hydroxylation sites is 1. The fraction of sp³-hybridized carbons (Fsp3) is 0.323. The van der Waals surface area contributed by atoms with Crippen LogP contribution in [0.5, 0.6) is 5.75 Å². The molecule has 0 radical (unpaired) electrons. The minimum Gasteiger partial charge on any atom is -0.489 e. The van der Waals surface area contributed by atoms with Crippen LogP contribution in [0.1, 0.15) is 53.6 Å². The molecule has 0 N–H and O–H groups in total. The lowest BCUT2D eigenvalue weighted by Gasteiger charge is -2.27. The van der Waals surface area contributed by atoms with Crippen molar-refractivity contribution < 1.29 is 23.8 Å². The quantitative estimate of drug-likeness (QED) is 0.230. The topological polar surface area (TPSA) is 57.2 Å². The number of benzene rings is 3. The first-order valence-electron chi connectivity index (χ1n) is 12.9. The Kier molecular flexibility index (Phi) is 8.25. The summed E-state index contributed by atoms with van der Waals surface area (Å²) < 4.78 is 16.7. The molecule has 1 aliphatic heterocycles. The summed E-state index contributed by atoms with van der Waals surface area (Å²) in [6.07, 6.45) is 0.998. The van der Waals surface area contributed by atoms with E-state index in [0.29, 0.717) is 56.2 Å². The average molecular weight is 603 g/mol. The summed E-state index contributed by atoms with van der Waals surface area (Å²) in [4.78, 5) is 17.9. The van der Waals surface area contributed by atoms with Gasteiger partial charge in [0.05, 0.1) is 29.3 Å². The van der Waals surface area contributed by atoms with Crippen molar-refractivity contribution in [3.63, 3.8) is 0 Å². The highest BCUT2D eigenvalue weighted by atomic mass is 35.5. The number of hydroxylamine groups is 1. The van der Waals surface area contributed by atoms with Crippen LogP contribution in [0.2, 0.25) is 15.1 Å². The molecular formula is C31H30Cl3NO5. The monoisotopic (exact) mass is 601 g/mol. The molecule has 0 aromatic heterocycles. The van der Waals surface area contributed by atoms with Crippen LogP contribution in [0.15, 0.2) is 72.0 Å². The first kappa shape index (κ1) is 28.6. The van der Waals surface area contributed by atoms with Gasteiger partial charge in [0.1, 0.15) is 23.6 Å². The Hall–Kier alpha value is -2.90. The van der Waals surface area contributed by atoms with E-state index in [0.717, 1.165) is 17.6 Å². The number of hydrogen-bond acceptors (Lipinski definition) is 6. The lowest BCUT2D eigenvalue weighted by Crippen LogP contribution is -2.29. The molecule has 9 heteroatoms. The van der Waals surface area contributed by atoms with Gasteiger partial charge in [-0.25, -0.2) is 9.86 Å². The largest absolute Gasteiger partial charge is 0.489 e. The summed E-state index contributed by atoms with van der Waals surface area (Å²) in [5.74, 6) is 1.64. The van der Waals surface area contributed by atoms with Gasteiger partial charge in [-0.2, -0.15) is 0 Å². The van der Waals surface area contributed by atoms with E-state index in [2.05, 4.69) is 0 Å². The van der Waals surface area contributed by atoms with Crippen molar-refractivity contribution in [1.29, 1.82) is 0 Å². The number of halogens is 3. The molecule has 1 heterocycles. The molecule has 2 atom stereocenters. The molecule has 0 amide bonds. The standard InChI is InChI=1S/C31H30Cl3NO5/c1-31(2,38-4)29-20(16-35(40-29)28-25(32)6-5-7-26(28)33)17-39-21-12-13-22(27(34)14-21)24-15-23(24)18-8-10-19(11-9-18)30(36)37-3/h5-14,23-24H,15-17H2,1-4H3. The summed E-state index contributed by atoms with van der Waals surface area (Å²) in [6, 6.07) is 18.7. The molecule has 1 fully saturated rings. The normalized spacial score (nSPS) is 18.5. The number of methoxy groups -OCH3 is 2. The first-order chi connectivity index (χ1) is 19.1. The van der Waals surface area contributed by atoms with Gasteiger partial charge < -0.3 is 19.0 Å². The minimum atomic E-state index is -0.696. The number of hydrogen-bond donors (Lipinski definition) is 0. The van der Waals surface area contributed by atoms with E-state index in [1.165, 1.54) is 12.7 Å². The maximum absolute atomic E-state index is 11.7. The molecule has 6 nitrogen and oxygen atoms in total. The van der Waals surface area contributed by atoms with Gasteiger partial charge in [-0.05, 0) is 79.6 Å². The summed E-state index contributed by atoms with van der Waals surface area (Å²) in [6.45, 7) is 4.55. The summed E-state index contributed by atoms with van der Waals surface area (Å²) in [5, 5.41) is 3.31. The molecule has 2 aliphatic rings. The van der Waals surface area contributed by atoms with Gasteiger partial charge in [0.15, 0.2) is 5.76 Å². The maximum Gasteiger partial charge on any atom is 0.337 e. The molecular weight excluding hydrogens is 573 g/mol. The van der Waals surface area contributed by atoms with Crippen LogP contribution in [-0.2, 0) is 14.3 Å². The van der Waals surface area contributed by atoms with Crippen LogP contribution >= 0.6 is 34.8 Å². The number of carbonyl (C=O) groups is 1. The molecule has 40 heavy (non-hydrogen) atoms. The Morgan fingerprint density at radius 3 is 2.30 bits per heavy atom. The predicted octanol–water partition coefficient (Wildman–Crippen LogP) is 8.21. The van der Waals surface area contributed by atoms with Crippen LogP contribution in [0.25, 0.3) is 0 Å². The van der Waals surface area contributed by atoms with Gasteiger partial charge in [0.25, 0.3) is 0 Å². The van der Waals surface area contributed by atoms with Crippen LogP contribution in [0.3, 0.4) is 0 Å². The molecule has 5 rings (SSSR count). The Labute approximate surface area is 249 Å². The third-order valence-electron chi connectivity index (χ3n) is 7.44. The van der Waals surface area contributed by atoms with Crippen molar-refractivity contribution in [2.75, 3.05) is 32.4 Å². The van der Waals surface area contributed by atoms with Crippen molar-refractivity contribution in [2.24, 2.45) is 0 Å². The summed E-state index contributed by atoms with van der Waals surface area (Å²) in [7, 11) is 3.02. The third-order valence-corrected chi connectivity index (χ3v) is 8.37. The van der Waals surface area contributed by atoms with Gasteiger partial charge in [-0.1, -0.05) is 59.1 Å². The van der Waals surface area contributed by atoms with Crippen molar-refractivity contribution in [2.45, 2.75) is 37.7 Å². The molecule has 3 aromatic rings. The highest BCUT2D eigenvalue weighted by Gasteiger charge is 2.41. The highest BCUT2D eigenvalue weighted by Crippen LogP contribution is 2.56. The highest BCUT2D eigenvalue weighted by molar-refractivity contribution is 6.39. The SMILES string of the molecule is COC(=O)c1ccc(C2CC2c2ccc(OCC3=C(C(C)(C)OC)ON(c4c(Cl)cccc4Cl)C3)cc2Cl)cc1. The average Bonchev–Trinajstić information content (AvgIpc) is 3.62. The maximum atomic E-state index is 11.7. The second-order valence-corrected chi connectivity index (χ2v) is 11.6. The Morgan fingerprint density at radius 1 is 0.975 bits per heavy atom. The first-order valence-corrected chi connectivity index (χ1v) is 14.0. The van der Waals surface area contributed by atoms with Crippen LogP contribution in [-0.4, -0.2) is 38.9 Å². The lowest BCUT2D eigenvalue weighted by molar-refractivity contribution is 0.00135. The zero-order valence-corrected chi connectivity index (χ0v) is 24.9. The molecule has 0 bridgehead atoms. The van der Waals surface area contributed by atoms with Crippen molar-refractivity contribution in [3.8, 4) is 5.75 Å². The van der Waals surface area contributed by atoms with Gasteiger partial charge in [-0.15, -0.1) is 0 Å². The number of carbonyl (C=O) groups excluding carboxylic acids is 1. The number of ether oxygens (including phenoxy) is 3. The van der Waals surface area contributed by atoms with Crippen LogP contribution < -0.4 is 9.80 Å². The smallest absolute Gasteiger partial charge is 0.337 e. The van der Waals surface area contributed by atoms with E-state index in [4.69, 9.17) is 53.9 Å². The molecule has 1 aliphatic carbocycles. The molecule has 0 spiro atoms. The minimum absolute atomic E-state index is 0.273. The zero-order chi connectivity index (χ0) is 28.6. The fourth-order valence-corrected chi connectivity index (χ4v) is 5.90. The predicted molar refractivity (Wildman–Crippen MR) is 158 cm³/mol. The van der Waals surface area contributed by atoms with E-state index >= 15 is 0 Å². The van der Waals surface area contributed by atoms with Crippen LogP contribution in [0.4, 0.5) is 5.69 Å². The Morgan fingerprint density at radius 2 is 1.68 bits per heavy atom. The van der Waals surface area contributed by atoms with E-state index in [1.807, 2.05) is 44.2 Å². The van der Waals surface area contributed by atoms with E-state index in [9.17, 15) is 4.79 Å². The van der Waals surface area contributed by atoms with Gasteiger partial charge >= 0.3 is 5.97 Å². The number of esters is 1. The summed E-state index contributed by atoms with van der Waals surface area (Å²) in [5.41, 5.74) is 3.61. The molecule has 0 saturated heterocycles. The van der Waals surface area contributed by atoms with Crippen LogP contribution in [0, 0.1) is 0 Å². The third kappa shape index (κ3) is 5.77.